The first-order valence-electron chi connectivity index (χ1n) is 12.6. The van der Waals surface area contributed by atoms with Crippen LogP contribution in [-0.2, 0) is 4.74 Å². The second-order valence-corrected chi connectivity index (χ2v) is 12.1. The van der Waals surface area contributed by atoms with E-state index in [1.807, 2.05) is 40.0 Å². The number of rotatable bonds is 7. The molecule has 1 atom stereocenters. The zero-order valence-corrected chi connectivity index (χ0v) is 24.2. The minimum Gasteiger partial charge on any atom is -0.482 e. The largest absolute Gasteiger partial charge is 0.596 e. The highest BCUT2D eigenvalue weighted by molar-refractivity contribution is 14.1. The zero-order chi connectivity index (χ0) is 26.9. The van der Waals surface area contributed by atoms with Crippen LogP contribution in [0.2, 0.25) is 0 Å². The number of amides is 1. The number of aryl methyl sites for hydroxylation is 1. The molecule has 1 aromatic heterocycles. The van der Waals surface area contributed by atoms with Gasteiger partial charge in [-0.05, 0) is 98.4 Å². The predicted molar refractivity (Wildman–Crippen MR) is 149 cm³/mol. The summed E-state index contributed by atoms with van der Waals surface area (Å²) in [5.41, 5.74) is 3.38. The first-order valence-corrected chi connectivity index (χ1v) is 13.7. The maximum absolute atomic E-state index is 12.6. The lowest BCUT2D eigenvalue weighted by atomic mass is 10.1. The molecule has 1 aliphatic heterocycles. The fourth-order valence-corrected chi connectivity index (χ4v) is 5.05. The van der Waals surface area contributed by atoms with Crippen molar-refractivity contribution >= 4 is 40.4 Å². The van der Waals surface area contributed by atoms with Gasteiger partial charge in [0.2, 0.25) is 0 Å². The SMILES string of the molecule is CC1=[N+](C(=O)OC(C)(C)C)CCN(C[C@@H](Oc2cc(C)c(C(=O)O)cc2I)c2ccc(C3CC3)cn2)C1. The average molecular weight is 621 g/mol. The van der Waals surface area contributed by atoms with Crippen molar-refractivity contribution in [2.45, 2.75) is 65.1 Å². The summed E-state index contributed by atoms with van der Waals surface area (Å²) in [7, 11) is 0. The van der Waals surface area contributed by atoms with Gasteiger partial charge in [0.15, 0.2) is 18.4 Å². The van der Waals surface area contributed by atoms with Crippen LogP contribution in [0.15, 0.2) is 30.5 Å². The topological polar surface area (TPSA) is 92.0 Å². The normalized spacial score (nSPS) is 17.5. The third-order valence-corrected chi connectivity index (χ3v) is 7.40. The van der Waals surface area contributed by atoms with E-state index in [0.717, 1.165) is 15.0 Å². The van der Waals surface area contributed by atoms with Crippen molar-refractivity contribution in [3.8, 4) is 5.75 Å². The van der Waals surface area contributed by atoms with Gasteiger partial charge >= 0.3 is 12.1 Å². The summed E-state index contributed by atoms with van der Waals surface area (Å²) in [5, 5.41) is 9.48. The molecule has 8 nitrogen and oxygen atoms in total. The molecule has 0 bridgehead atoms. The number of carbonyl (C=O) groups is 2. The monoisotopic (exact) mass is 620 g/mol. The van der Waals surface area contributed by atoms with Crippen LogP contribution in [0.3, 0.4) is 0 Å². The Kier molecular flexibility index (Phi) is 8.23. The Bertz CT molecular complexity index is 1220. The molecule has 37 heavy (non-hydrogen) atoms. The number of aromatic nitrogens is 1. The summed E-state index contributed by atoms with van der Waals surface area (Å²) in [6, 6.07) is 7.61. The smallest absolute Gasteiger partial charge is 0.482 e. The number of aromatic carboxylic acids is 1. The van der Waals surface area contributed by atoms with Gasteiger partial charge < -0.3 is 14.6 Å². The summed E-state index contributed by atoms with van der Waals surface area (Å²) in [6.07, 6.45) is 3.69. The van der Waals surface area contributed by atoms with Crippen molar-refractivity contribution in [3.05, 3.63) is 56.4 Å². The molecule has 0 radical (unpaired) electrons. The molecule has 198 valence electrons. The van der Waals surface area contributed by atoms with E-state index >= 15 is 0 Å². The Hall–Kier alpha value is -2.53. The van der Waals surface area contributed by atoms with Crippen LogP contribution in [0.25, 0.3) is 0 Å². The minimum atomic E-state index is -0.954. The lowest BCUT2D eigenvalue weighted by molar-refractivity contribution is -0.458. The number of nitrogens with zero attached hydrogens (tertiary/aromatic N) is 3. The van der Waals surface area contributed by atoms with E-state index in [-0.39, 0.29) is 17.8 Å². The van der Waals surface area contributed by atoms with Gasteiger partial charge in [0.05, 0.1) is 27.9 Å². The molecular formula is C28H35IN3O5+. The van der Waals surface area contributed by atoms with Crippen molar-refractivity contribution in [1.82, 2.24) is 9.88 Å². The van der Waals surface area contributed by atoms with Gasteiger partial charge in [-0.15, -0.1) is 4.58 Å². The van der Waals surface area contributed by atoms with E-state index in [0.29, 0.717) is 43.4 Å². The Balaban J connectivity index is 1.56. The molecule has 2 heterocycles. The van der Waals surface area contributed by atoms with Crippen molar-refractivity contribution in [3.63, 3.8) is 0 Å². The molecule has 9 heteroatoms. The molecule has 2 aliphatic rings. The van der Waals surface area contributed by atoms with Gasteiger partial charge in [0, 0.05) is 19.7 Å². The second-order valence-electron chi connectivity index (χ2n) is 10.9. The van der Waals surface area contributed by atoms with E-state index in [4.69, 9.17) is 14.5 Å². The Morgan fingerprint density at radius 2 is 1.97 bits per heavy atom. The molecule has 0 saturated heterocycles. The number of halogens is 1. The van der Waals surface area contributed by atoms with Crippen LogP contribution in [-0.4, -0.2) is 69.1 Å². The molecule has 1 aromatic carbocycles. The molecule has 1 fully saturated rings. The van der Waals surface area contributed by atoms with E-state index in [9.17, 15) is 14.7 Å². The second kappa shape index (κ2) is 11.1. The number of ether oxygens (including phenoxy) is 2. The quantitative estimate of drug-likeness (QED) is 0.327. The van der Waals surface area contributed by atoms with E-state index in [1.54, 1.807) is 23.6 Å². The summed E-state index contributed by atoms with van der Waals surface area (Å²) >= 11 is 2.12. The summed E-state index contributed by atoms with van der Waals surface area (Å²) < 4.78 is 14.5. The lowest BCUT2D eigenvalue weighted by Crippen LogP contribution is -2.48. The minimum absolute atomic E-state index is 0.267. The van der Waals surface area contributed by atoms with Gasteiger partial charge in [0.1, 0.15) is 11.4 Å². The first-order chi connectivity index (χ1) is 17.4. The molecule has 0 unspecified atom stereocenters. The third kappa shape index (κ3) is 7.07. The summed E-state index contributed by atoms with van der Waals surface area (Å²) in [4.78, 5) is 31.2. The Labute approximate surface area is 231 Å². The highest BCUT2D eigenvalue weighted by atomic mass is 127. The number of carboxylic acid groups (broad SMARTS) is 1. The van der Waals surface area contributed by atoms with Crippen LogP contribution in [0.4, 0.5) is 4.79 Å². The fraction of sp³-hybridized carbons (Fsp3) is 0.500. The standard InChI is InChI=1S/C28H34IN3O5/c1-17-12-24(22(29)13-21(17)26(33)34)36-25(23-9-8-20(14-30-23)19-6-7-19)16-31-10-11-32(18(2)15-31)27(35)37-28(3,4)5/h8-9,12-14,19,25H,6-7,10-11,15-16H2,1-5H3/p+1/t25-/m1/s1. The predicted octanol–water partition coefficient (Wildman–Crippen LogP) is 5.41. The van der Waals surface area contributed by atoms with Gasteiger partial charge in [-0.2, -0.15) is 4.79 Å². The van der Waals surface area contributed by atoms with Crippen LogP contribution in [0.5, 0.6) is 5.75 Å². The summed E-state index contributed by atoms with van der Waals surface area (Å²) in [6.45, 7) is 11.7. The van der Waals surface area contributed by atoms with Gasteiger partial charge in [-0.25, -0.2) is 4.79 Å². The third-order valence-electron chi connectivity index (χ3n) is 6.56. The molecule has 1 saturated carbocycles. The number of carbonyl (C=O) groups excluding carboxylic acids is 1. The van der Waals surface area contributed by atoms with Gasteiger partial charge in [-0.1, -0.05) is 6.07 Å². The Morgan fingerprint density at radius 1 is 1.24 bits per heavy atom. The Morgan fingerprint density at radius 3 is 2.54 bits per heavy atom. The van der Waals surface area contributed by atoms with E-state index in [1.165, 1.54) is 18.4 Å². The van der Waals surface area contributed by atoms with Crippen molar-refractivity contribution in [2.24, 2.45) is 0 Å². The maximum atomic E-state index is 12.6. The van der Waals surface area contributed by atoms with Crippen LogP contribution in [0.1, 0.15) is 79.7 Å². The molecule has 1 N–H and O–H groups in total. The zero-order valence-electron chi connectivity index (χ0n) is 22.1. The van der Waals surface area contributed by atoms with Crippen molar-refractivity contribution in [1.29, 1.82) is 0 Å². The molecule has 1 aliphatic carbocycles. The van der Waals surface area contributed by atoms with Crippen molar-refractivity contribution < 1.29 is 28.7 Å². The molecular weight excluding hydrogens is 585 g/mol. The number of hydrogen-bond acceptors (Lipinski definition) is 6. The number of hydrogen-bond donors (Lipinski definition) is 1. The highest BCUT2D eigenvalue weighted by Crippen LogP contribution is 2.40. The van der Waals surface area contributed by atoms with E-state index < -0.39 is 11.6 Å². The number of carboxylic acids is 1. The van der Waals surface area contributed by atoms with Gasteiger partial charge in [0.25, 0.3) is 0 Å². The maximum Gasteiger partial charge on any atom is 0.596 e. The molecule has 4 rings (SSSR count). The van der Waals surface area contributed by atoms with Gasteiger partial charge in [-0.3, -0.25) is 9.88 Å². The van der Waals surface area contributed by atoms with Crippen LogP contribution >= 0.6 is 22.6 Å². The summed E-state index contributed by atoms with van der Waals surface area (Å²) in [5.74, 6) is 0.297. The number of benzene rings is 1. The van der Waals surface area contributed by atoms with Crippen LogP contribution in [0, 0.1) is 10.5 Å². The first kappa shape index (κ1) is 27.5. The highest BCUT2D eigenvalue weighted by Gasteiger charge is 2.34. The van der Waals surface area contributed by atoms with Crippen molar-refractivity contribution in [2.75, 3.05) is 26.2 Å². The molecule has 1 amide bonds. The average Bonchev–Trinajstić information content (AvgIpc) is 3.65. The van der Waals surface area contributed by atoms with Crippen LogP contribution < -0.4 is 4.74 Å². The molecule has 2 aromatic rings. The van der Waals surface area contributed by atoms with E-state index in [2.05, 4.69) is 33.6 Å². The fourth-order valence-electron chi connectivity index (χ4n) is 4.46. The molecule has 0 spiro atoms. The number of pyridine rings is 1. The lowest BCUT2D eigenvalue weighted by Gasteiger charge is -2.29.